The SMILES string of the molecule is [CH]1\C=C/C=C\C=C/CCCC1. The summed E-state index contributed by atoms with van der Waals surface area (Å²) < 4.78 is 0. The molecule has 0 aromatic carbocycles. The van der Waals surface area contributed by atoms with Gasteiger partial charge in [0.1, 0.15) is 0 Å². The lowest BCUT2D eigenvalue weighted by molar-refractivity contribution is 0.747. The normalized spacial score (nSPS) is 28.4. The van der Waals surface area contributed by atoms with Crippen LogP contribution in [-0.4, -0.2) is 0 Å². The molecular weight excluding hydrogens is 132 g/mol. The summed E-state index contributed by atoms with van der Waals surface area (Å²) in [4.78, 5) is 0. The molecule has 0 saturated heterocycles. The minimum Gasteiger partial charge on any atom is -0.0845 e. The molecule has 0 atom stereocenters. The van der Waals surface area contributed by atoms with Crippen LogP contribution in [0.15, 0.2) is 36.5 Å². The molecule has 59 valence electrons. The molecule has 0 spiro atoms. The van der Waals surface area contributed by atoms with Gasteiger partial charge in [0.15, 0.2) is 0 Å². The molecular formula is C11H15. The van der Waals surface area contributed by atoms with Crippen LogP contribution in [-0.2, 0) is 0 Å². The summed E-state index contributed by atoms with van der Waals surface area (Å²) in [5, 5.41) is 0. The third kappa shape index (κ3) is 4.60. The molecule has 0 fully saturated rings. The fourth-order valence-corrected chi connectivity index (χ4v) is 1.07. The van der Waals surface area contributed by atoms with E-state index in [2.05, 4.69) is 42.9 Å². The molecule has 0 aliphatic heterocycles. The molecule has 0 aromatic rings. The molecule has 1 rings (SSSR count). The molecule has 0 nitrogen and oxygen atoms in total. The Bertz CT molecular complexity index is 143. The van der Waals surface area contributed by atoms with Crippen molar-refractivity contribution < 1.29 is 0 Å². The average molecular weight is 147 g/mol. The van der Waals surface area contributed by atoms with Crippen molar-refractivity contribution in [2.24, 2.45) is 0 Å². The molecule has 0 bridgehead atoms. The minimum atomic E-state index is 1.22. The maximum Gasteiger partial charge on any atom is -0.0167 e. The zero-order valence-corrected chi connectivity index (χ0v) is 6.87. The Hall–Kier alpha value is -0.780. The highest BCUT2D eigenvalue weighted by molar-refractivity contribution is 5.13. The van der Waals surface area contributed by atoms with E-state index in [0.717, 1.165) is 0 Å². The molecule has 1 radical (unpaired) electrons. The molecule has 0 N–H and O–H groups in total. The van der Waals surface area contributed by atoms with E-state index in [-0.39, 0.29) is 0 Å². The first kappa shape index (κ1) is 8.32. The summed E-state index contributed by atoms with van der Waals surface area (Å²) >= 11 is 0. The lowest BCUT2D eigenvalue weighted by atomic mass is 10.1. The van der Waals surface area contributed by atoms with Crippen LogP contribution in [0.3, 0.4) is 0 Å². The van der Waals surface area contributed by atoms with Gasteiger partial charge in [-0.15, -0.1) is 0 Å². The molecule has 0 aromatic heterocycles. The Morgan fingerprint density at radius 3 is 2.36 bits per heavy atom. The highest BCUT2D eigenvalue weighted by Crippen LogP contribution is 2.04. The Kier molecular flexibility index (Phi) is 4.51. The Labute approximate surface area is 69.3 Å². The number of rotatable bonds is 0. The van der Waals surface area contributed by atoms with Gasteiger partial charge in [-0.05, 0) is 25.7 Å². The first-order valence-electron chi connectivity index (χ1n) is 4.32. The largest absolute Gasteiger partial charge is 0.0845 e. The second kappa shape index (κ2) is 5.96. The molecule has 0 heterocycles. The Morgan fingerprint density at radius 2 is 1.36 bits per heavy atom. The van der Waals surface area contributed by atoms with E-state index in [4.69, 9.17) is 0 Å². The van der Waals surface area contributed by atoms with Crippen molar-refractivity contribution in [3.63, 3.8) is 0 Å². The van der Waals surface area contributed by atoms with Crippen molar-refractivity contribution in [1.82, 2.24) is 0 Å². The maximum absolute atomic E-state index is 2.23. The molecule has 0 amide bonds. The van der Waals surface area contributed by atoms with E-state index in [1.54, 1.807) is 0 Å². The predicted octanol–water partition coefficient (Wildman–Crippen LogP) is 3.43. The number of hydrogen-bond acceptors (Lipinski definition) is 0. The van der Waals surface area contributed by atoms with E-state index in [1.807, 2.05) is 0 Å². The van der Waals surface area contributed by atoms with E-state index in [9.17, 15) is 0 Å². The summed E-state index contributed by atoms with van der Waals surface area (Å²) in [5.74, 6) is 0. The highest BCUT2D eigenvalue weighted by atomic mass is 13.9. The molecule has 11 heavy (non-hydrogen) atoms. The summed E-state index contributed by atoms with van der Waals surface area (Å²) in [5.41, 5.74) is 0. The van der Waals surface area contributed by atoms with Gasteiger partial charge in [-0.3, -0.25) is 0 Å². The van der Waals surface area contributed by atoms with Gasteiger partial charge in [0, 0.05) is 0 Å². The highest BCUT2D eigenvalue weighted by Gasteiger charge is 1.85. The molecule has 0 unspecified atom stereocenters. The van der Waals surface area contributed by atoms with Crippen molar-refractivity contribution in [2.75, 3.05) is 0 Å². The van der Waals surface area contributed by atoms with E-state index < -0.39 is 0 Å². The maximum atomic E-state index is 2.23. The summed E-state index contributed by atoms with van der Waals surface area (Å²) in [7, 11) is 0. The monoisotopic (exact) mass is 147 g/mol. The predicted molar refractivity (Wildman–Crippen MR) is 50.2 cm³/mol. The quantitative estimate of drug-likeness (QED) is 0.492. The van der Waals surface area contributed by atoms with Gasteiger partial charge in [0.2, 0.25) is 0 Å². The van der Waals surface area contributed by atoms with Crippen molar-refractivity contribution in [3.05, 3.63) is 42.9 Å². The van der Waals surface area contributed by atoms with Crippen molar-refractivity contribution in [2.45, 2.75) is 25.7 Å². The second-order valence-corrected chi connectivity index (χ2v) is 2.72. The van der Waals surface area contributed by atoms with Crippen LogP contribution < -0.4 is 0 Å². The summed E-state index contributed by atoms with van der Waals surface area (Å²) in [6, 6.07) is 0. The van der Waals surface area contributed by atoms with Gasteiger partial charge in [0.25, 0.3) is 0 Å². The van der Waals surface area contributed by atoms with Crippen molar-refractivity contribution in [1.29, 1.82) is 0 Å². The van der Waals surface area contributed by atoms with Crippen LogP contribution in [0.1, 0.15) is 25.7 Å². The van der Waals surface area contributed by atoms with Gasteiger partial charge in [-0.2, -0.15) is 0 Å². The van der Waals surface area contributed by atoms with Gasteiger partial charge >= 0.3 is 0 Å². The van der Waals surface area contributed by atoms with Gasteiger partial charge in [0.05, 0.1) is 0 Å². The van der Waals surface area contributed by atoms with Crippen LogP contribution >= 0.6 is 0 Å². The first-order valence-corrected chi connectivity index (χ1v) is 4.32. The summed E-state index contributed by atoms with van der Waals surface area (Å²) in [6.45, 7) is 0. The third-order valence-corrected chi connectivity index (χ3v) is 1.71. The Morgan fingerprint density at radius 1 is 0.636 bits per heavy atom. The zero-order chi connectivity index (χ0) is 7.78. The third-order valence-electron chi connectivity index (χ3n) is 1.71. The molecule has 1 aliphatic carbocycles. The smallest absolute Gasteiger partial charge is 0.0167 e. The van der Waals surface area contributed by atoms with Crippen LogP contribution in [0.5, 0.6) is 0 Å². The van der Waals surface area contributed by atoms with Gasteiger partial charge in [-0.1, -0.05) is 42.9 Å². The van der Waals surface area contributed by atoms with E-state index in [0.29, 0.717) is 0 Å². The van der Waals surface area contributed by atoms with Crippen molar-refractivity contribution in [3.8, 4) is 0 Å². The van der Waals surface area contributed by atoms with E-state index >= 15 is 0 Å². The zero-order valence-electron chi connectivity index (χ0n) is 6.87. The van der Waals surface area contributed by atoms with E-state index in [1.165, 1.54) is 25.7 Å². The second-order valence-electron chi connectivity index (χ2n) is 2.72. The molecule has 1 aliphatic rings. The van der Waals surface area contributed by atoms with Crippen LogP contribution in [0.25, 0.3) is 0 Å². The molecule has 0 heteroatoms. The van der Waals surface area contributed by atoms with Crippen LogP contribution in [0.2, 0.25) is 0 Å². The first-order chi connectivity index (χ1) is 5.50. The average Bonchev–Trinajstić information content (AvgIpc) is 2.08. The molecule has 0 saturated carbocycles. The minimum absolute atomic E-state index is 1.22. The van der Waals surface area contributed by atoms with Gasteiger partial charge in [-0.25, -0.2) is 0 Å². The number of allylic oxidation sites excluding steroid dienone is 6. The summed E-state index contributed by atoms with van der Waals surface area (Å²) in [6.07, 6.45) is 20.0. The fourth-order valence-electron chi connectivity index (χ4n) is 1.07. The van der Waals surface area contributed by atoms with Gasteiger partial charge < -0.3 is 0 Å². The number of hydrogen-bond donors (Lipinski definition) is 0. The van der Waals surface area contributed by atoms with Crippen molar-refractivity contribution >= 4 is 0 Å². The lowest BCUT2D eigenvalue weighted by Crippen LogP contribution is -1.74. The topological polar surface area (TPSA) is 0 Å². The lowest BCUT2D eigenvalue weighted by Gasteiger charge is -1.92. The van der Waals surface area contributed by atoms with Crippen LogP contribution in [0.4, 0.5) is 0 Å². The van der Waals surface area contributed by atoms with Crippen LogP contribution in [0, 0.1) is 6.42 Å². The standard InChI is InChI=1S/C11H15/c1-2-4-6-8-10-11-9-7-5-3-1/h1-7H,8-11H2/b2-1-,5-3-,6-4-. The fraction of sp³-hybridized carbons (Fsp3) is 0.364. The Balaban J connectivity index is 2.36.